The Bertz CT molecular complexity index is 561. The van der Waals surface area contributed by atoms with Gasteiger partial charge in [0.2, 0.25) is 5.91 Å². The van der Waals surface area contributed by atoms with Crippen molar-refractivity contribution < 1.29 is 4.79 Å². The number of amides is 1. The van der Waals surface area contributed by atoms with E-state index in [4.69, 9.17) is 5.73 Å². The molecule has 94 valence electrons. The number of hydrogen-bond acceptors (Lipinski definition) is 5. The van der Waals surface area contributed by atoms with Crippen LogP contribution in [0.3, 0.4) is 0 Å². The van der Waals surface area contributed by atoms with E-state index in [0.29, 0.717) is 15.0 Å². The fourth-order valence-corrected chi connectivity index (χ4v) is 2.86. The first-order valence-corrected chi connectivity index (χ1v) is 7.32. The van der Waals surface area contributed by atoms with Crippen molar-refractivity contribution in [2.75, 3.05) is 5.32 Å². The molecule has 2 aromatic heterocycles. The predicted molar refractivity (Wildman–Crippen MR) is 77.3 cm³/mol. The molecule has 3 N–H and O–H groups in total. The number of aromatic nitrogens is 2. The predicted octanol–water partition coefficient (Wildman–Crippen LogP) is 2.70. The summed E-state index contributed by atoms with van der Waals surface area (Å²) >= 11 is 7.84. The van der Waals surface area contributed by atoms with E-state index >= 15 is 0 Å². The van der Waals surface area contributed by atoms with Crippen LogP contribution in [0.5, 0.6) is 0 Å². The van der Waals surface area contributed by atoms with E-state index in [1.165, 1.54) is 17.5 Å². The Hall–Kier alpha value is -0.830. The number of thiophene rings is 1. The van der Waals surface area contributed by atoms with Gasteiger partial charge in [-0.1, -0.05) is 6.07 Å². The molecule has 1 atom stereocenters. The van der Waals surface area contributed by atoms with Crippen LogP contribution < -0.4 is 11.1 Å². The highest BCUT2D eigenvalue weighted by Gasteiger charge is 2.18. The van der Waals surface area contributed by atoms with Crippen LogP contribution in [-0.2, 0) is 4.79 Å². The average Bonchev–Trinajstić information content (AvgIpc) is 2.85. The summed E-state index contributed by atoms with van der Waals surface area (Å²) in [6.45, 7) is 0. The summed E-state index contributed by atoms with van der Waals surface area (Å²) in [6.07, 6.45) is 1.50. The summed E-state index contributed by atoms with van der Waals surface area (Å²) in [5.74, 6) is 0.0185. The Morgan fingerprint density at radius 3 is 2.89 bits per heavy atom. The van der Waals surface area contributed by atoms with Crippen LogP contribution in [0, 0.1) is 0 Å². The Labute approximate surface area is 124 Å². The molecule has 0 fully saturated rings. The van der Waals surface area contributed by atoms with Gasteiger partial charge in [0.1, 0.15) is 15.2 Å². The van der Waals surface area contributed by atoms with Crippen molar-refractivity contribution in [3.8, 4) is 0 Å². The molecule has 2 aromatic rings. The van der Waals surface area contributed by atoms with E-state index in [9.17, 15) is 4.79 Å². The lowest BCUT2D eigenvalue weighted by Crippen LogP contribution is -2.27. The van der Waals surface area contributed by atoms with Crippen LogP contribution in [0.15, 0.2) is 32.9 Å². The minimum absolute atomic E-state index is 0.324. The third kappa shape index (κ3) is 3.14. The first-order valence-electron chi connectivity index (χ1n) is 4.86. The van der Waals surface area contributed by atoms with Gasteiger partial charge in [-0.05, 0) is 43.3 Å². The highest BCUT2D eigenvalue weighted by molar-refractivity contribution is 9.11. The number of nitrogens with one attached hydrogen (secondary N) is 1. The summed E-state index contributed by atoms with van der Waals surface area (Å²) < 4.78 is 1.03. The quantitative estimate of drug-likeness (QED) is 0.842. The van der Waals surface area contributed by atoms with Gasteiger partial charge in [-0.3, -0.25) is 4.79 Å². The first kappa shape index (κ1) is 13.6. The molecule has 0 saturated carbocycles. The number of rotatable bonds is 3. The lowest BCUT2D eigenvalue weighted by atomic mass is 10.2. The molecule has 0 aromatic carbocycles. The van der Waals surface area contributed by atoms with E-state index in [0.717, 1.165) is 4.88 Å². The molecule has 1 amide bonds. The molecule has 0 aliphatic rings. The fourth-order valence-electron chi connectivity index (χ4n) is 1.22. The second-order valence-electron chi connectivity index (χ2n) is 3.31. The maximum atomic E-state index is 11.9. The maximum absolute atomic E-state index is 11.9. The van der Waals surface area contributed by atoms with E-state index < -0.39 is 6.04 Å². The molecule has 18 heavy (non-hydrogen) atoms. The maximum Gasteiger partial charge on any atom is 0.247 e. The van der Waals surface area contributed by atoms with Gasteiger partial charge in [0.15, 0.2) is 5.82 Å². The highest BCUT2D eigenvalue weighted by atomic mass is 79.9. The Balaban J connectivity index is 2.12. The van der Waals surface area contributed by atoms with Crippen LogP contribution in [0.1, 0.15) is 10.9 Å². The molecule has 0 saturated heterocycles. The van der Waals surface area contributed by atoms with E-state index in [-0.39, 0.29) is 5.91 Å². The van der Waals surface area contributed by atoms with Crippen molar-refractivity contribution in [1.29, 1.82) is 0 Å². The van der Waals surface area contributed by atoms with Crippen LogP contribution >= 0.6 is 43.2 Å². The number of nitrogens with two attached hydrogens (primary N) is 1. The number of hydrogen-bond donors (Lipinski definition) is 2. The Morgan fingerprint density at radius 2 is 2.28 bits per heavy atom. The van der Waals surface area contributed by atoms with Crippen LogP contribution in [0.2, 0.25) is 0 Å². The highest BCUT2D eigenvalue weighted by Crippen LogP contribution is 2.22. The van der Waals surface area contributed by atoms with Crippen LogP contribution in [-0.4, -0.2) is 15.9 Å². The summed E-state index contributed by atoms with van der Waals surface area (Å²) in [4.78, 5) is 20.8. The van der Waals surface area contributed by atoms with Crippen LogP contribution in [0.25, 0.3) is 0 Å². The topological polar surface area (TPSA) is 80.9 Å². The number of carbonyl (C=O) groups excluding carboxylic acids is 1. The van der Waals surface area contributed by atoms with Crippen molar-refractivity contribution in [2.45, 2.75) is 6.04 Å². The number of halogens is 2. The molecule has 5 nitrogen and oxygen atoms in total. The lowest BCUT2D eigenvalue weighted by Gasteiger charge is -2.10. The fraction of sp³-hybridized carbons (Fsp3) is 0.100. The molecule has 0 bridgehead atoms. The largest absolute Gasteiger partial charge is 0.316 e. The third-order valence-corrected chi connectivity index (χ3v) is 3.96. The minimum Gasteiger partial charge on any atom is -0.316 e. The van der Waals surface area contributed by atoms with Gasteiger partial charge in [-0.25, -0.2) is 9.97 Å². The van der Waals surface area contributed by atoms with Gasteiger partial charge in [0, 0.05) is 4.88 Å². The molecule has 0 spiro atoms. The second kappa shape index (κ2) is 5.87. The first-order chi connectivity index (χ1) is 8.58. The van der Waals surface area contributed by atoms with Crippen LogP contribution in [0.4, 0.5) is 5.82 Å². The molecule has 2 heterocycles. The summed E-state index contributed by atoms with van der Waals surface area (Å²) in [5.41, 5.74) is 5.84. The Kier molecular flexibility index (Phi) is 4.44. The Morgan fingerprint density at radius 1 is 1.50 bits per heavy atom. The second-order valence-corrected chi connectivity index (χ2v) is 5.86. The monoisotopic (exact) mass is 390 g/mol. The molecular formula is C10H8Br2N4OS. The smallest absolute Gasteiger partial charge is 0.247 e. The van der Waals surface area contributed by atoms with Crippen molar-refractivity contribution in [2.24, 2.45) is 5.73 Å². The zero-order chi connectivity index (χ0) is 13.1. The van der Waals surface area contributed by atoms with Crippen molar-refractivity contribution in [3.05, 3.63) is 37.8 Å². The van der Waals surface area contributed by atoms with E-state index in [1.807, 2.05) is 17.5 Å². The molecule has 0 radical (unpaired) electrons. The van der Waals surface area contributed by atoms with Gasteiger partial charge in [0.25, 0.3) is 0 Å². The minimum atomic E-state index is -0.706. The van der Waals surface area contributed by atoms with Gasteiger partial charge in [-0.15, -0.1) is 11.3 Å². The molecule has 2 rings (SSSR count). The van der Waals surface area contributed by atoms with E-state index in [1.54, 1.807) is 0 Å². The molecular weight excluding hydrogens is 384 g/mol. The van der Waals surface area contributed by atoms with Crippen molar-refractivity contribution in [1.82, 2.24) is 9.97 Å². The lowest BCUT2D eigenvalue weighted by molar-refractivity contribution is -0.117. The summed E-state index contributed by atoms with van der Waals surface area (Å²) in [7, 11) is 0. The van der Waals surface area contributed by atoms with Gasteiger partial charge < -0.3 is 11.1 Å². The van der Waals surface area contributed by atoms with Gasteiger partial charge in [-0.2, -0.15) is 0 Å². The molecule has 0 aliphatic carbocycles. The van der Waals surface area contributed by atoms with Gasteiger partial charge >= 0.3 is 0 Å². The average molecular weight is 392 g/mol. The number of nitrogens with zero attached hydrogens (tertiary/aromatic N) is 2. The standard InChI is InChI=1S/C10H8Br2N4OS/c11-6-4-14-9(8(12)15-6)16-10(17)7(13)5-2-1-3-18-5/h1-4,7H,13H2,(H,14,16,17). The SMILES string of the molecule is NC(C(=O)Nc1ncc(Br)nc1Br)c1cccs1. The molecule has 1 unspecified atom stereocenters. The van der Waals surface area contributed by atoms with Gasteiger partial charge in [0.05, 0.1) is 6.20 Å². The zero-order valence-corrected chi connectivity index (χ0v) is 12.9. The molecule has 8 heteroatoms. The van der Waals surface area contributed by atoms with Crippen molar-refractivity contribution in [3.63, 3.8) is 0 Å². The third-order valence-electron chi connectivity index (χ3n) is 2.07. The summed E-state index contributed by atoms with van der Waals surface area (Å²) in [6, 6.07) is 2.96. The summed E-state index contributed by atoms with van der Waals surface area (Å²) in [5, 5.41) is 4.50. The number of anilines is 1. The van der Waals surface area contributed by atoms with E-state index in [2.05, 4.69) is 47.1 Å². The number of carbonyl (C=O) groups is 1. The normalized spacial score (nSPS) is 12.2. The molecule has 0 aliphatic heterocycles. The zero-order valence-electron chi connectivity index (χ0n) is 8.93. The van der Waals surface area contributed by atoms with Crippen molar-refractivity contribution >= 4 is 54.9 Å².